The molecule has 10 nitrogen and oxygen atoms in total. The van der Waals surface area contributed by atoms with Gasteiger partial charge in [0.25, 0.3) is 0 Å². The highest BCUT2D eigenvalue weighted by atomic mass is 32.2. The van der Waals surface area contributed by atoms with Crippen molar-refractivity contribution in [3.05, 3.63) is 30.1 Å². The highest BCUT2D eigenvalue weighted by Crippen LogP contribution is 2.23. The summed E-state index contributed by atoms with van der Waals surface area (Å²) >= 11 is 0. The van der Waals surface area contributed by atoms with E-state index in [0.29, 0.717) is 11.3 Å². The molecule has 0 saturated carbocycles. The molecule has 1 aromatic carbocycles. The number of benzene rings is 1. The lowest BCUT2D eigenvalue weighted by Gasteiger charge is -2.32. The van der Waals surface area contributed by atoms with Gasteiger partial charge in [-0.05, 0) is 41.1 Å². The molecule has 136 valence electrons. The molecule has 3 rings (SSSR count). The molecule has 0 amide bonds. The van der Waals surface area contributed by atoms with Crippen molar-refractivity contribution in [2.24, 2.45) is 0 Å². The summed E-state index contributed by atoms with van der Waals surface area (Å²) in [6.07, 6.45) is 2.55. The molecule has 0 bridgehead atoms. The van der Waals surface area contributed by atoms with Gasteiger partial charge in [-0.25, -0.2) is 21.5 Å². The standard InChI is InChI=1S/C13H18N6O4S2/c1-11-9-12(19-10-14-15-16-19)3-4-13(11)25(22,23)18-7-5-17(6-8-18)24(2,20)21/h3-4,9-10H,5-8H2,1-2H3. The first kappa shape index (κ1) is 17.9. The van der Waals surface area contributed by atoms with Crippen LogP contribution in [0.5, 0.6) is 0 Å². The predicted octanol–water partition coefficient (Wildman–Crippen LogP) is -0.763. The number of piperazine rings is 1. The van der Waals surface area contributed by atoms with Crippen molar-refractivity contribution in [3.63, 3.8) is 0 Å². The van der Waals surface area contributed by atoms with Gasteiger partial charge in [-0.15, -0.1) is 5.10 Å². The van der Waals surface area contributed by atoms with Crippen LogP contribution in [0.25, 0.3) is 5.69 Å². The molecule has 0 N–H and O–H groups in total. The first-order chi connectivity index (χ1) is 11.7. The van der Waals surface area contributed by atoms with Crippen LogP contribution in [0.4, 0.5) is 0 Å². The fourth-order valence-electron chi connectivity index (χ4n) is 2.73. The van der Waals surface area contributed by atoms with Crippen LogP contribution in [0.3, 0.4) is 0 Å². The summed E-state index contributed by atoms with van der Waals surface area (Å²) in [6, 6.07) is 4.84. The van der Waals surface area contributed by atoms with Crippen LogP contribution in [0.2, 0.25) is 0 Å². The second kappa shape index (κ2) is 6.44. The largest absolute Gasteiger partial charge is 0.243 e. The zero-order valence-electron chi connectivity index (χ0n) is 13.8. The Hall–Kier alpha value is -1.89. The van der Waals surface area contributed by atoms with Crippen LogP contribution >= 0.6 is 0 Å². The molecule has 25 heavy (non-hydrogen) atoms. The minimum absolute atomic E-state index is 0.129. The highest BCUT2D eigenvalue weighted by Gasteiger charge is 2.32. The van der Waals surface area contributed by atoms with Gasteiger partial charge in [0.05, 0.1) is 16.8 Å². The Kier molecular flexibility index (Phi) is 4.62. The zero-order valence-corrected chi connectivity index (χ0v) is 15.4. The number of hydrogen-bond donors (Lipinski definition) is 0. The maximum absolute atomic E-state index is 12.9. The van der Waals surface area contributed by atoms with Gasteiger partial charge in [-0.3, -0.25) is 0 Å². The molecule has 0 radical (unpaired) electrons. The van der Waals surface area contributed by atoms with E-state index in [-0.39, 0.29) is 31.1 Å². The molecule has 0 unspecified atom stereocenters. The Bertz CT molecular complexity index is 964. The maximum atomic E-state index is 12.9. The minimum Gasteiger partial charge on any atom is -0.213 e. The van der Waals surface area contributed by atoms with Gasteiger partial charge in [0.1, 0.15) is 6.33 Å². The van der Waals surface area contributed by atoms with E-state index < -0.39 is 20.0 Å². The molecule has 2 aromatic rings. The average molecular weight is 386 g/mol. The normalized spacial score (nSPS) is 17.7. The summed E-state index contributed by atoms with van der Waals surface area (Å²) in [5.41, 5.74) is 1.22. The van der Waals surface area contributed by atoms with Crippen LogP contribution in [0.1, 0.15) is 5.56 Å². The van der Waals surface area contributed by atoms with E-state index in [1.165, 1.54) is 25.7 Å². The third-order valence-corrected chi connectivity index (χ3v) is 7.42. The predicted molar refractivity (Wildman–Crippen MR) is 89.1 cm³/mol. The Morgan fingerprint density at radius 2 is 1.64 bits per heavy atom. The molecule has 12 heteroatoms. The third kappa shape index (κ3) is 3.56. The van der Waals surface area contributed by atoms with Crippen LogP contribution in [0, 0.1) is 6.92 Å². The van der Waals surface area contributed by atoms with Crippen LogP contribution in [-0.4, -0.2) is 78.1 Å². The summed E-state index contributed by atoms with van der Waals surface area (Å²) < 4.78 is 52.9. The number of aromatic nitrogens is 4. The molecule has 1 saturated heterocycles. The number of rotatable bonds is 4. The first-order valence-corrected chi connectivity index (χ1v) is 10.8. The van der Waals surface area contributed by atoms with E-state index in [1.807, 2.05) is 0 Å². The second-order valence-electron chi connectivity index (χ2n) is 5.77. The van der Waals surface area contributed by atoms with Crippen LogP contribution < -0.4 is 0 Å². The van der Waals surface area contributed by atoms with Gasteiger partial charge in [0.15, 0.2) is 0 Å². The van der Waals surface area contributed by atoms with Crippen LogP contribution in [-0.2, 0) is 20.0 Å². The Morgan fingerprint density at radius 1 is 1.00 bits per heavy atom. The van der Waals surface area contributed by atoms with Gasteiger partial charge < -0.3 is 0 Å². The van der Waals surface area contributed by atoms with Crippen molar-refractivity contribution in [2.75, 3.05) is 32.4 Å². The van der Waals surface area contributed by atoms with Gasteiger partial charge in [0, 0.05) is 26.2 Å². The number of hydrogen-bond acceptors (Lipinski definition) is 7. The summed E-state index contributed by atoms with van der Waals surface area (Å²) in [5.74, 6) is 0. The third-order valence-electron chi connectivity index (χ3n) is 4.06. The fraction of sp³-hybridized carbons (Fsp3) is 0.462. The SMILES string of the molecule is Cc1cc(-n2cnnn2)ccc1S(=O)(=O)N1CCN(S(C)(=O)=O)CC1. The smallest absolute Gasteiger partial charge is 0.213 e. The zero-order chi connectivity index (χ0) is 18.2. The number of sulfonamides is 2. The van der Waals surface area contributed by atoms with Crippen molar-refractivity contribution in [1.82, 2.24) is 28.8 Å². The van der Waals surface area contributed by atoms with E-state index in [1.54, 1.807) is 19.1 Å². The van der Waals surface area contributed by atoms with Gasteiger partial charge in [0.2, 0.25) is 20.0 Å². The minimum atomic E-state index is -3.70. The monoisotopic (exact) mass is 386 g/mol. The average Bonchev–Trinajstić information content (AvgIpc) is 3.08. The molecule has 0 atom stereocenters. The van der Waals surface area contributed by atoms with E-state index in [9.17, 15) is 16.8 Å². The van der Waals surface area contributed by atoms with E-state index in [0.717, 1.165) is 6.26 Å². The molecular formula is C13H18N6O4S2. The first-order valence-electron chi connectivity index (χ1n) is 7.49. The molecule has 2 heterocycles. The van der Waals surface area contributed by atoms with Crippen molar-refractivity contribution in [2.45, 2.75) is 11.8 Å². The molecule has 1 aliphatic heterocycles. The highest BCUT2D eigenvalue weighted by molar-refractivity contribution is 7.89. The number of tetrazole rings is 1. The molecule has 0 spiro atoms. The molecule has 1 fully saturated rings. The summed E-state index contributed by atoms with van der Waals surface area (Å²) in [6.45, 7) is 2.26. The Balaban J connectivity index is 1.84. The quantitative estimate of drug-likeness (QED) is 0.677. The Labute approximate surface area is 146 Å². The molecular weight excluding hydrogens is 368 g/mol. The van der Waals surface area contributed by atoms with Gasteiger partial charge >= 0.3 is 0 Å². The summed E-state index contributed by atoms with van der Waals surface area (Å²) in [5, 5.41) is 10.9. The second-order valence-corrected chi connectivity index (χ2v) is 9.66. The van der Waals surface area contributed by atoms with Crippen LogP contribution in [0.15, 0.2) is 29.4 Å². The number of aryl methyl sites for hydroxylation is 1. The van der Waals surface area contributed by atoms with Crippen molar-refractivity contribution >= 4 is 20.0 Å². The van der Waals surface area contributed by atoms with Gasteiger partial charge in [-0.2, -0.15) is 8.61 Å². The molecule has 1 aromatic heterocycles. The maximum Gasteiger partial charge on any atom is 0.243 e. The topological polar surface area (TPSA) is 118 Å². The van der Waals surface area contributed by atoms with E-state index in [4.69, 9.17) is 0 Å². The van der Waals surface area contributed by atoms with E-state index in [2.05, 4.69) is 15.5 Å². The summed E-state index contributed by atoms with van der Waals surface area (Å²) in [4.78, 5) is 0.192. The lowest BCUT2D eigenvalue weighted by Crippen LogP contribution is -2.50. The molecule has 1 aliphatic rings. The van der Waals surface area contributed by atoms with Crippen molar-refractivity contribution in [3.8, 4) is 5.69 Å². The summed E-state index contributed by atoms with van der Waals surface area (Å²) in [7, 11) is -7.00. The van der Waals surface area contributed by atoms with Crippen molar-refractivity contribution < 1.29 is 16.8 Å². The lowest BCUT2D eigenvalue weighted by molar-refractivity contribution is 0.274. The lowest BCUT2D eigenvalue weighted by atomic mass is 10.2. The molecule has 0 aliphatic carbocycles. The fourth-order valence-corrected chi connectivity index (χ4v) is 5.18. The van der Waals surface area contributed by atoms with Crippen molar-refractivity contribution in [1.29, 1.82) is 0 Å². The number of nitrogens with zero attached hydrogens (tertiary/aromatic N) is 6. The van der Waals surface area contributed by atoms with E-state index >= 15 is 0 Å². The van der Waals surface area contributed by atoms with Gasteiger partial charge in [-0.1, -0.05) is 0 Å². The Morgan fingerprint density at radius 3 is 2.16 bits per heavy atom.